The Balaban J connectivity index is 4.44. The molecule has 0 heterocycles. The van der Waals surface area contributed by atoms with Gasteiger partial charge in [0.25, 0.3) is 5.91 Å². The van der Waals surface area contributed by atoms with Crippen molar-refractivity contribution >= 4 is 11.7 Å². The van der Waals surface area contributed by atoms with Crippen LogP contribution in [0.25, 0.3) is 0 Å². The number of amides is 1. The van der Waals surface area contributed by atoms with Crippen LogP contribution in [0, 0.1) is 5.41 Å². The van der Waals surface area contributed by atoms with Crippen molar-refractivity contribution in [1.29, 1.82) is 5.41 Å². The lowest BCUT2D eigenvalue weighted by molar-refractivity contribution is -0.114. The predicted octanol–water partition coefficient (Wildman–Crippen LogP) is 0.0698. The lowest BCUT2D eigenvalue weighted by Crippen LogP contribution is -2.30. The summed E-state index contributed by atoms with van der Waals surface area (Å²) in [6.07, 6.45) is 3.30. The van der Waals surface area contributed by atoms with E-state index in [2.05, 4.69) is 5.32 Å². The average Bonchev–Trinajstić information content (AvgIpc) is 2.11. The molecule has 0 rings (SSSR count). The van der Waals surface area contributed by atoms with Gasteiger partial charge in [0, 0.05) is 12.2 Å². The molecule has 0 atom stereocenters. The van der Waals surface area contributed by atoms with Gasteiger partial charge in [0.2, 0.25) is 0 Å². The fourth-order valence-electron chi connectivity index (χ4n) is 1.01. The molecule has 5 nitrogen and oxygen atoms in total. The van der Waals surface area contributed by atoms with Gasteiger partial charge in [-0.15, -0.1) is 0 Å². The number of hydrogen-bond donors (Lipinski definition) is 4. The van der Waals surface area contributed by atoms with E-state index in [4.69, 9.17) is 16.9 Å². The summed E-state index contributed by atoms with van der Waals surface area (Å²) in [7, 11) is 0. The van der Waals surface area contributed by atoms with Crippen molar-refractivity contribution in [1.82, 2.24) is 5.32 Å². The molecular formula is C9H18N4O. The van der Waals surface area contributed by atoms with Crippen molar-refractivity contribution in [3.63, 3.8) is 0 Å². The van der Waals surface area contributed by atoms with Crippen LogP contribution in [-0.4, -0.2) is 17.8 Å². The highest BCUT2D eigenvalue weighted by Crippen LogP contribution is 1.97. The molecule has 0 bridgehead atoms. The van der Waals surface area contributed by atoms with Crippen LogP contribution in [-0.2, 0) is 4.79 Å². The highest BCUT2D eigenvalue weighted by Gasteiger charge is 2.08. The summed E-state index contributed by atoms with van der Waals surface area (Å²) in [6, 6.07) is 0.281. The maximum Gasteiger partial charge on any atom is 0.253 e. The number of nitrogens with two attached hydrogens (primary N) is 2. The molecule has 6 N–H and O–H groups in total. The van der Waals surface area contributed by atoms with Crippen LogP contribution < -0.4 is 16.8 Å². The van der Waals surface area contributed by atoms with E-state index in [0.717, 1.165) is 12.8 Å². The summed E-state index contributed by atoms with van der Waals surface area (Å²) >= 11 is 0. The summed E-state index contributed by atoms with van der Waals surface area (Å²) in [6.45, 7) is 4.07. The van der Waals surface area contributed by atoms with Crippen LogP contribution in [0.5, 0.6) is 0 Å². The van der Waals surface area contributed by atoms with Gasteiger partial charge in [0.1, 0.15) is 5.84 Å². The smallest absolute Gasteiger partial charge is 0.253 e. The normalized spacial score (nSPS) is 11.5. The van der Waals surface area contributed by atoms with Crippen LogP contribution in [0.1, 0.15) is 26.7 Å². The summed E-state index contributed by atoms with van der Waals surface area (Å²) in [4.78, 5) is 10.8. The number of primary amides is 1. The molecule has 0 spiro atoms. The predicted molar refractivity (Wildman–Crippen MR) is 56.7 cm³/mol. The first-order valence-electron chi connectivity index (χ1n) is 4.63. The van der Waals surface area contributed by atoms with Gasteiger partial charge >= 0.3 is 0 Å². The third-order valence-electron chi connectivity index (χ3n) is 2.00. The van der Waals surface area contributed by atoms with E-state index in [1.54, 1.807) is 0 Å². The Bertz CT molecular complexity index is 227. The monoisotopic (exact) mass is 198 g/mol. The third-order valence-corrected chi connectivity index (χ3v) is 2.00. The van der Waals surface area contributed by atoms with E-state index in [0.29, 0.717) is 0 Å². The van der Waals surface area contributed by atoms with E-state index >= 15 is 0 Å². The lowest BCUT2D eigenvalue weighted by Gasteiger charge is -2.13. The maximum atomic E-state index is 10.8. The molecule has 5 heteroatoms. The van der Waals surface area contributed by atoms with Crippen LogP contribution in [0.2, 0.25) is 0 Å². The summed E-state index contributed by atoms with van der Waals surface area (Å²) in [5, 5.41) is 10.1. The molecule has 0 aliphatic carbocycles. The molecule has 0 aromatic heterocycles. The first-order valence-corrected chi connectivity index (χ1v) is 4.63. The minimum Gasteiger partial charge on any atom is -0.387 e. The van der Waals surface area contributed by atoms with Gasteiger partial charge in [0.05, 0.1) is 5.57 Å². The molecule has 0 aliphatic rings. The minimum absolute atomic E-state index is 0.0249. The van der Waals surface area contributed by atoms with E-state index < -0.39 is 5.91 Å². The second-order valence-electron chi connectivity index (χ2n) is 3.02. The second kappa shape index (κ2) is 6.01. The molecule has 0 aromatic rings. The standard InChI is InChI=1S/C9H18N4O/c1-3-6(4-2)13-5-7(8(10)11)9(12)14/h5-6,13H,3-4H2,1-2H3,(H3,10,11)(H2,12,14)/b7-5+. The minimum atomic E-state index is -0.684. The van der Waals surface area contributed by atoms with Crippen LogP contribution in [0.4, 0.5) is 0 Å². The Morgan fingerprint density at radius 3 is 2.21 bits per heavy atom. The molecule has 0 aliphatic heterocycles. The molecule has 0 radical (unpaired) electrons. The number of carbonyl (C=O) groups excluding carboxylic acids is 1. The molecule has 14 heavy (non-hydrogen) atoms. The van der Waals surface area contributed by atoms with Crippen molar-refractivity contribution < 1.29 is 4.79 Å². The average molecular weight is 198 g/mol. The molecule has 0 aromatic carbocycles. The third kappa shape index (κ3) is 3.93. The molecular weight excluding hydrogens is 180 g/mol. The zero-order valence-corrected chi connectivity index (χ0v) is 8.63. The number of hydrogen-bond acceptors (Lipinski definition) is 3. The Kier molecular flexibility index (Phi) is 5.36. The molecule has 0 fully saturated rings. The van der Waals surface area contributed by atoms with Crippen LogP contribution in [0.15, 0.2) is 11.8 Å². The van der Waals surface area contributed by atoms with Gasteiger partial charge in [-0.05, 0) is 12.8 Å². The zero-order chi connectivity index (χ0) is 11.1. The fourth-order valence-corrected chi connectivity index (χ4v) is 1.01. The Hall–Kier alpha value is -1.52. The number of carbonyl (C=O) groups is 1. The SMILES string of the molecule is CCC(CC)N/C=C(\C(=N)N)C(N)=O. The van der Waals surface area contributed by atoms with Crippen molar-refractivity contribution in [3.8, 4) is 0 Å². The van der Waals surface area contributed by atoms with E-state index in [-0.39, 0.29) is 17.5 Å². The topological polar surface area (TPSA) is 105 Å². The molecule has 0 unspecified atom stereocenters. The number of nitrogens with one attached hydrogen (secondary N) is 2. The van der Waals surface area contributed by atoms with Crippen LogP contribution in [0.3, 0.4) is 0 Å². The van der Waals surface area contributed by atoms with E-state index in [1.807, 2.05) is 13.8 Å². The quantitative estimate of drug-likeness (QED) is 0.276. The summed E-state index contributed by atoms with van der Waals surface area (Å²) < 4.78 is 0. The van der Waals surface area contributed by atoms with Crippen LogP contribution >= 0.6 is 0 Å². The maximum absolute atomic E-state index is 10.8. The molecule has 0 saturated carbocycles. The van der Waals surface area contributed by atoms with Gasteiger partial charge in [0.15, 0.2) is 0 Å². The fraction of sp³-hybridized carbons (Fsp3) is 0.556. The molecule has 80 valence electrons. The van der Waals surface area contributed by atoms with E-state index in [1.165, 1.54) is 6.20 Å². The lowest BCUT2D eigenvalue weighted by atomic mass is 10.1. The Morgan fingerprint density at radius 2 is 1.93 bits per heavy atom. The van der Waals surface area contributed by atoms with Crippen molar-refractivity contribution in [2.45, 2.75) is 32.7 Å². The Labute approximate surface area is 84.0 Å². The largest absolute Gasteiger partial charge is 0.387 e. The summed E-state index contributed by atoms with van der Waals surface area (Å²) in [5.41, 5.74) is 10.2. The highest BCUT2D eigenvalue weighted by molar-refractivity contribution is 6.18. The van der Waals surface area contributed by atoms with Gasteiger partial charge in [-0.25, -0.2) is 0 Å². The summed E-state index contributed by atoms with van der Waals surface area (Å²) in [5.74, 6) is -0.994. The van der Waals surface area contributed by atoms with Gasteiger partial charge in [-0.2, -0.15) is 0 Å². The molecule has 0 saturated heterocycles. The molecule has 1 amide bonds. The van der Waals surface area contributed by atoms with Gasteiger partial charge < -0.3 is 16.8 Å². The zero-order valence-electron chi connectivity index (χ0n) is 8.63. The van der Waals surface area contributed by atoms with Gasteiger partial charge in [-0.3, -0.25) is 10.2 Å². The van der Waals surface area contributed by atoms with Crippen molar-refractivity contribution in [2.24, 2.45) is 11.5 Å². The Morgan fingerprint density at radius 1 is 1.43 bits per heavy atom. The number of rotatable bonds is 6. The first kappa shape index (κ1) is 12.5. The van der Waals surface area contributed by atoms with Crippen molar-refractivity contribution in [2.75, 3.05) is 0 Å². The van der Waals surface area contributed by atoms with E-state index in [9.17, 15) is 4.79 Å². The second-order valence-corrected chi connectivity index (χ2v) is 3.02. The number of amidine groups is 1. The first-order chi connectivity index (χ1) is 6.52. The highest BCUT2D eigenvalue weighted by atomic mass is 16.1. The van der Waals surface area contributed by atoms with Crippen molar-refractivity contribution in [3.05, 3.63) is 11.8 Å². The van der Waals surface area contributed by atoms with Gasteiger partial charge in [-0.1, -0.05) is 13.8 Å².